The van der Waals surface area contributed by atoms with Crippen molar-refractivity contribution in [3.05, 3.63) is 69.3 Å². The van der Waals surface area contributed by atoms with E-state index in [1.807, 2.05) is 43.0 Å². The first kappa shape index (κ1) is 21.1. The highest BCUT2D eigenvalue weighted by Gasteiger charge is 2.13. The van der Waals surface area contributed by atoms with Gasteiger partial charge in [-0.15, -0.1) is 0 Å². The van der Waals surface area contributed by atoms with Crippen molar-refractivity contribution in [1.29, 1.82) is 0 Å². The summed E-state index contributed by atoms with van der Waals surface area (Å²) in [4.78, 5) is 27.3. The Morgan fingerprint density at radius 3 is 2.48 bits per heavy atom. The van der Waals surface area contributed by atoms with Gasteiger partial charge in [0.05, 0.1) is 5.56 Å². The van der Waals surface area contributed by atoms with Crippen molar-refractivity contribution in [2.24, 2.45) is 0 Å². The average Bonchev–Trinajstić information content (AvgIpc) is 2.74. The molecule has 0 radical (unpaired) electrons. The predicted molar refractivity (Wildman–Crippen MR) is 125 cm³/mol. The van der Waals surface area contributed by atoms with E-state index in [1.165, 1.54) is 0 Å². The number of benzene rings is 2. The standard InChI is InChI=1S/C22H19Cl2N5O2/c1-3-29(4-2)22-27-20(24)26-21(28-22)25-14-10-9-13-11-16(19(30)31-18(13)12-14)15-7-5-6-8-17(15)23/h5-12H,3-4H2,1-2H3,(H,25,26,27,28). The quantitative estimate of drug-likeness (QED) is 0.381. The second-order valence-electron chi connectivity index (χ2n) is 6.71. The summed E-state index contributed by atoms with van der Waals surface area (Å²) in [5.74, 6) is 0.792. The van der Waals surface area contributed by atoms with Gasteiger partial charge in [-0.05, 0) is 49.7 Å². The molecule has 7 nitrogen and oxygen atoms in total. The van der Waals surface area contributed by atoms with E-state index in [4.69, 9.17) is 27.6 Å². The van der Waals surface area contributed by atoms with Crippen LogP contribution in [0.5, 0.6) is 0 Å². The molecule has 0 saturated carbocycles. The summed E-state index contributed by atoms with van der Waals surface area (Å²) in [6, 6.07) is 14.3. The Labute approximate surface area is 188 Å². The molecule has 0 spiro atoms. The fraction of sp³-hybridized carbons (Fsp3) is 0.182. The van der Waals surface area contributed by atoms with E-state index >= 15 is 0 Å². The molecule has 1 N–H and O–H groups in total. The molecule has 158 valence electrons. The molecular formula is C22H19Cl2N5O2. The van der Waals surface area contributed by atoms with Crippen LogP contribution in [0.1, 0.15) is 13.8 Å². The van der Waals surface area contributed by atoms with Gasteiger partial charge in [-0.3, -0.25) is 0 Å². The molecule has 0 aliphatic carbocycles. The Hall–Kier alpha value is -3.16. The summed E-state index contributed by atoms with van der Waals surface area (Å²) in [6.07, 6.45) is 0. The molecule has 9 heteroatoms. The highest BCUT2D eigenvalue weighted by atomic mass is 35.5. The van der Waals surface area contributed by atoms with Crippen LogP contribution < -0.4 is 15.8 Å². The van der Waals surface area contributed by atoms with Gasteiger partial charge in [0.25, 0.3) is 0 Å². The van der Waals surface area contributed by atoms with Gasteiger partial charge in [-0.25, -0.2) is 4.79 Å². The Balaban J connectivity index is 1.69. The van der Waals surface area contributed by atoms with Crippen molar-refractivity contribution in [2.45, 2.75) is 13.8 Å². The Kier molecular flexibility index (Phi) is 6.06. The third kappa shape index (κ3) is 4.47. The van der Waals surface area contributed by atoms with Crippen molar-refractivity contribution < 1.29 is 4.42 Å². The molecule has 0 aliphatic rings. The Morgan fingerprint density at radius 2 is 1.74 bits per heavy atom. The normalized spacial score (nSPS) is 11.0. The number of anilines is 3. The Bertz CT molecular complexity index is 1300. The van der Waals surface area contributed by atoms with E-state index in [0.29, 0.717) is 39.3 Å². The summed E-state index contributed by atoms with van der Waals surface area (Å²) in [5, 5.41) is 4.44. The largest absolute Gasteiger partial charge is 0.422 e. The molecule has 0 aliphatic heterocycles. The predicted octanol–water partition coefficient (Wildman–Crippen LogP) is 5.54. The van der Waals surface area contributed by atoms with Crippen molar-refractivity contribution in [1.82, 2.24) is 15.0 Å². The van der Waals surface area contributed by atoms with Crippen molar-refractivity contribution >= 4 is 51.8 Å². The minimum absolute atomic E-state index is 0.0936. The molecule has 4 rings (SSSR count). The van der Waals surface area contributed by atoms with Crippen LogP contribution in [0.4, 0.5) is 17.6 Å². The lowest BCUT2D eigenvalue weighted by Gasteiger charge is -2.18. The summed E-state index contributed by atoms with van der Waals surface area (Å²) >= 11 is 12.3. The molecule has 0 atom stereocenters. The molecule has 4 aromatic rings. The van der Waals surface area contributed by atoms with Crippen LogP contribution in [-0.2, 0) is 0 Å². The van der Waals surface area contributed by atoms with Gasteiger partial charge in [-0.1, -0.05) is 29.8 Å². The van der Waals surface area contributed by atoms with Crippen LogP contribution in [0.3, 0.4) is 0 Å². The van der Waals surface area contributed by atoms with E-state index in [9.17, 15) is 4.79 Å². The highest BCUT2D eigenvalue weighted by Crippen LogP contribution is 2.29. The number of fused-ring (bicyclic) bond motifs is 1. The molecule has 0 amide bonds. The van der Waals surface area contributed by atoms with Gasteiger partial charge >= 0.3 is 5.63 Å². The zero-order valence-electron chi connectivity index (χ0n) is 16.9. The minimum Gasteiger partial charge on any atom is -0.422 e. The molecule has 2 aromatic heterocycles. The SMILES string of the molecule is CCN(CC)c1nc(Cl)nc(Nc2ccc3cc(-c4ccccc4Cl)c(=O)oc3c2)n1. The van der Waals surface area contributed by atoms with Gasteiger partial charge < -0.3 is 14.6 Å². The van der Waals surface area contributed by atoms with Gasteiger partial charge in [0.15, 0.2) is 0 Å². The van der Waals surface area contributed by atoms with Crippen molar-refractivity contribution in [3.8, 4) is 11.1 Å². The van der Waals surface area contributed by atoms with Crippen molar-refractivity contribution in [2.75, 3.05) is 23.3 Å². The number of hydrogen-bond donors (Lipinski definition) is 1. The summed E-state index contributed by atoms with van der Waals surface area (Å²) in [6.45, 7) is 5.50. The highest BCUT2D eigenvalue weighted by molar-refractivity contribution is 6.33. The number of halogens is 2. The fourth-order valence-electron chi connectivity index (χ4n) is 3.23. The number of nitrogens with one attached hydrogen (secondary N) is 1. The third-order valence-corrected chi connectivity index (χ3v) is 5.30. The van der Waals surface area contributed by atoms with Crippen LogP contribution in [-0.4, -0.2) is 28.0 Å². The number of nitrogens with zero attached hydrogens (tertiary/aromatic N) is 4. The fourth-order valence-corrected chi connectivity index (χ4v) is 3.62. The first-order chi connectivity index (χ1) is 15.0. The van der Waals surface area contributed by atoms with Crippen LogP contribution in [0, 0.1) is 0 Å². The van der Waals surface area contributed by atoms with Gasteiger partial charge in [0.2, 0.25) is 17.2 Å². The van der Waals surface area contributed by atoms with E-state index < -0.39 is 5.63 Å². The average molecular weight is 456 g/mol. The Morgan fingerprint density at radius 1 is 0.968 bits per heavy atom. The molecule has 2 aromatic carbocycles. The molecule has 31 heavy (non-hydrogen) atoms. The minimum atomic E-state index is -0.468. The first-order valence-corrected chi connectivity index (χ1v) is 10.5. The second-order valence-corrected chi connectivity index (χ2v) is 7.45. The summed E-state index contributed by atoms with van der Waals surface area (Å²) < 4.78 is 5.56. The summed E-state index contributed by atoms with van der Waals surface area (Å²) in [5.41, 5.74) is 1.64. The molecule has 2 heterocycles. The maximum absolute atomic E-state index is 12.6. The van der Waals surface area contributed by atoms with Crippen LogP contribution in [0.25, 0.3) is 22.1 Å². The van der Waals surface area contributed by atoms with Gasteiger partial charge in [-0.2, -0.15) is 15.0 Å². The van der Waals surface area contributed by atoms with Crippen LogP contribution in [0.2, 0.25) is 10.3 Å². The second kappa shape index (κ2) is 8.91. The zero-order chi connectivity index (χ0) is 22.0. The first-order valence-electron chi connectivity index (χ1n) is 9.74. The van der Waals surface area contributed by atoms with Crippen LogP contribution >= 0.6 is 23.2 Å². The van der Waals surface area contributed by atoms with E-state index in [1.54, 1.807) is 24.3 Å². The lowest BCUT2D eigenvalue weighted by molar-refractivity contribution is 0.563. The summed E-state index contributed by atoms with van der Waals surface area (Å²) in [7, 11) is 0. The van der Waals surface area contributed by atoms with Crippen LogP contribution in [0.15, 0.2) is 57.7 Å². The van der Waals surface area contributed by atoms with E-state index in [2.05, 4.69) is 20.3 Å². The molecule has 0 bridgehead atoms. The van der Waals surface area contributed by atoms with Crippen molar-refractivity contribution in [3.63, 3.8) is 0 Å². The third-order valence-electron chi connectivity index (χ3n) is 4.80. The number of aromatic nitrogens is 3. The maximum atomic E-state index is 12.6. The smallest absolute Gasteiger partial charge is 0.344 e. The molecule has 0 fully saturated rings. The zero-order valence-corrected chi connectivity index (χ0v) is 18.4. The lowest BCUT2D eigenvalue weighted by atomic mass is 10.1. The number of rotatable bonds is 6. The molecule has 0 unspecified atom stereocenters. The monoisotopic (exact) mass is 455 g/mol. The number of hydrogen-bond acceptors (Lipinski definition) is 7. The van der Waals surface area contributed by atoms with E-state index in [-0.39, 0.29) is 5.28 Å². The molecule has 0 saturated heterocycles. The van der Waals surface area contributed by atoms with Gasteiger partial charge in [0, 0.05) is 40.8 Å². The topological polar surface area (TPSA) is 84.2 Å². The lowest BCUT2D eigenvalue weighted by Crippen LogP contribution is -2.24. The maximum Gasteiger partial charge on any atom is 0.344 e. The molecular weight excluding hydrogens is 437 g/mol. The van der Waals surface area contributed by atoms with E-state index in [0.717, 1.165) is 18.5 Å². The van der Waals surface area contributed by atoms with Gasteiger partial charge in [0.1, 0.15) is 5.58 Å².